The molecule has 0 bridgehead atoms. The van der Waals surface area contributed by atoms with Crippen LogP contribution in [-0.4, -0.2) is 22.1 Å². The Kier molecular flexibility index (Phi) is 4.73. The molecule has 1 amide bonds. The maximum Gasteiger partial charge on any atom is 0.256 e. The van der Waals surface area contributed by atoms with E-state index < -0.39 is 0 Å². The zero-order chi connectivity index (χ0) is 14.4. The number of carbonyl (C=O) groups excluding carboxylic acids is 1. The van der Waals surface area contributed by atoms with E-state index in [4.69, 9.17) is 4.74 Å². The molecule has 0 aliphatic carbocycles. The zero-order valence-corrected chi connectivity index (χ0v) is 11.7. The molecule has 1 aromatic heterocycles. The number of hydrogen-bond acceptors (Lipinski definition) is 5. The molecule has 102 valence electrons. The van der Waals surface area contributed by atoms with Crippen molar-refractivity contribution in [2.45, 2.75) is 0 Å². The lowest BCUT2D eigenvalue weighted by atomic mass is 10.2. The van der Waals surface area contributed by atoms with Crippen LogP contribution < -0.4 is 10.1 Å². The van der Waals surface area contributed by atoms with E-state index in [0.717, 1.165) is 0 Å². The number of aromatic nitrogens is 2. The van der Waals surface area contributed by atoms with Crippen LogP contribution in [-0.2, 0) is 0 Å². The molecule has 0 unspecified atom stereocenters. The number of nitrogens with zero attached hydrogens (tertiary/aromatic N) is 2. The van der Waals surface area contributed by atoms with Crippen LogP contribution in [0.15, 0.2) is 54.6 Å². The summed E-state index contributed by atoms with van der Waals surface area (Å²) >= 11 is 1.38. The Labute approximate surface area is 121 Å². The first-order valence-electron chi connectivity index (χ1n) is 5.76. The summed E-state index contributed by atoms with van der Waals surface area (Å²) in [5.74, 6) is 0.833. The van der Waals surface area contributed by atoms with Crippen molar-refractivity contribution in [1.29, 1.82) is 0 Å². The molecule has 0 aliphatic heterocycles. The summed E-state index contributed by atoms with van der Waals surface area (Å²) < 4.78 is 5.57. The Bertz CT molecular complexity index is 617. The smallest absolute Gasteiger partial charge is 0.256 e. The van der Waals surface area contributed by atoms with Crippen molar-refractivity contribution >= 4 is 17.7 Å². The summed E-state index contributed by atoms with van der Waals surface area (Å²) in [4.78, 5) is 19.7. The molecule has 1 aromatic carbocycles. The number of nitrogens with one attached hydrogen (secondary N) is 1. The highest BCUT2D eigenvalue weighted by atomic mass is 32.2. The zero-order valence-electron chi connectivity index (χ0n) is 10.9. The van der Waals surface area contributed by atoms with Gasteiger partial charge < -0.3 is 10.1 Å². The van der Waals surface area contributed by atoms with Crippen molar-refractivity contribution in [3.63, 3.8) is 0 Å². The first kappa shape index (κ1) is 14.1. The average Bonchev–Trinajstić information content (AvgIpc) is 2.48. The van der Waals surface area contributed by atoms with Crippen LogP contribution in [0.4, 0.5) is 0 Å². The molecule has 6 heteroatoms. The van der Waals surface area contributed by atoms with E-state index in [1.165, 1.54) is 18.1 Å². The van der Waals surface area contributed by atoms with E-state index in [-0.39, 0.29) is 5.91 Å². The quantitative estimate of drug-likeness (QED) is 0.916. The van der Waals surface area contributed by atoms with Gasteiger partial charge in [0.25, 0.3) is 5.91 Å². The molecule has 0 saturated carbocycles. The molecule has 5 nitrogen and oxygen atoms in total. The third-order valence-corrected chi connectivity index (χ3v) is 2.96. The van der Waals surface area contributed by atoms with Gasteiger partial charge >= 0.3 is 0 Å². The molecular formula is C14H13N3O2S. The van der Waals surface area contributed by atoms with Crippen molar-refractivity contribution in [2.75, 3.05) is 6.26 Å². The van der Waals surface area contributed by atoms with Crippen LogP contribution in [0.25, 0.3) is 0 Å². The van der Waals surface area contributed by atoms with Gasteiger partial charge in [-0.3, -0.25) is 4.79 Å². The molecule has 0 radical (unpaired) electrons. The summed E-state index contributed by atoms with van der Waals surface area (Å²) in [5, 5.41) is 3.28. The molecule has 0 aliphatic rings. The highest BCUT2D eigenvalue weighted by molar-refractivity contribution is 8.02. The summed E-state index contributed by atoms with van der Waals surface area (Å²) in [6.07, 6.45) is 6.37. The van der Waals surface area contributed by atoms with Gasteiger partial charge in [0.05, 0.1) is 17.4 Å². The molecule has 2 rings (SSSR count). The lowest BCUT2D eigenvalue weighted by Gasteiger charge is -2.08. The van der Waals surface area contributed by atoms with Crippen LogP contribution in [0.5, 0.6) is 11.5 Å². The molecule has 0 fully saturated rings. The molecule has 20 heavy (non-hydrogen) atoms. The monoisotopic (exact) mass is 287 g/mol. The third-order valence-electron chi connectivity index (χ3n) is 2.37. The Hall–Kier alpha value is -2.34. The van der Waals surface area contributed by atoms with Crippen LogP contribution in [0, 0.1) is 0 Å². The lowest BCUT2D eigenvalue weighted by molar-refractivity contribution is 0.0968. The number of hydrogen-bond donors (Lipinski definition) is 1. The molecule has 1 N–H and O–H groups in total. The van der Waals surface area contributed by atoms with Gasteiger partial charge in [-0.05, 0) is 24.5 Å². The Morgan fingerprint density at radius 3 is 2.75 bits per heavy atom. The van der Waals surface area contributed by atoms with Crippen molar-refractivity contribution in [3.05, 3.63) is 60.2 Å². The summed E-state index contributed by atoms with van der Waals surface area (Å²) in [6, 6.07) is 6.86. The van der Waals surface area contributed by atoms with E-state index >= 15 is 0 Å². The van der Waals surface area contributed by atoms with Crippen LogP contribution in [0.3, 0.4) is 0 Å². The van der Waals surface area contributed by atoms with Crippen molar-refractivity contribution in [3.8, 4) is 11.5 Å². The SMILES string of the molecule is C=C(NC(=O)c1cccc(Oc2cncnc2)c1)SC. The molecule has 2 aromatic rings. The largest absolute Gasteiger partial charge is 0.454 e. The second-order valence-electron chi connectivity index (χ2n) is 3.79. The van der Waals surface area contributed by atoms with E-state index in [2.05, 4.69) is 21.9 Å². The van der Waals surface area contributed by atoms with Gasteiger partial charge in [0.1, 0.15) is 12.1 Å². The van der Waals surface area contributed by atoms with Crippen molar-refractivity contribution in [1.82, 2.24) is 15.3 Å². The van der Waals surface area contributed by atoms with Gasteiger partial charge in [-0.1, -0.05) is 12.6 Å². The first-order valence-corrected chi connectivity index (χ1v) is 6.98. The van der Waals surface area contributed by atoms with Gasteiger partial charge in [-0.15, -0.1) is 11.8 Å². The van der Waals surface area contributed by atoms with Gasteiger partial charge in [-0.2, -0.15) is 0 Å². The summed E-state index contributed by atoms with van der Waals surface area (Å²) in [5.41, 5.74) is 0.495. The number of ether oxygens (including phenoxy) is 1. The standard InChI is InChI=1S/C14H13N3O2S/c1-10(20-2)17-14(18)11-4-3-5-12(6-11)19-13-7-15-9-16-8-13/h3-9H,1H2,2H3,(H,17,18). The van der Waals surface area contributed by atoms with E-state index in [1.807, 2.05) is 6.26 Å². The predicted octanol–water partition coefficient (Wildman–Crippen LogP) is 2.83. The molecule has 0 atom stereocenters. The van der Waals surface area contributed by atoms with Gasteiger partial charge in [0, 0.05) is 5.56 Å². The van der Waals surface area contributed by atoms with E-state index in [1.54, 1.807) is 36.7 Å². The van der Waals surface area contributed by atoms with E-state index in [0.29, 0.717) is 22.1 Å². The molecule has 0 saturated heterocycles. The van der Waals surface area contributed by atoms with Crippen LogP contribution >= 0.6 is 11.8 Å². The number of amides is 1. The minimum atomic E-state index is -0.223. The second-order valence-corrected chi connectivity index (χ2v) is 4.69. The normalized spacial score (nSPS) is 9.85. The Morgan fingerprint density at radius 1 is 1.30 bits per heavy atom. The van der Waals surface area contributed by atoms with Gasteiger partial charge in [-0.25, -0.2) is 9.97 Å². The first-order chi connectivity index (χ1) is 9.69. The van der Waals surface area contributed by atoms with Crippen molar-refractivity contribution in [2.24, 2.45) is 0 Å². The number of carbonyl (C=O) groups is 1. The fourth-order valence-corrected chi connectivity index (χ4v) is 1.62. The fraction of sp³-hybridized carbons (Fsp3) is 0.0714. The minimum absolute atomic E-state index is 0.223. The predicted molar refractivity (Wildman–Crippen MR) is 78.7 cm³/mol. The highest BCUT2D eigenvalue weighted by Crippen LogP contribution is 2.20. The Balaban J connectivity index is 2.12. The molecular weight excluding hydrogens is 274 g/mol. The second kappa shape index (κ2) is 6.72. The topological polar surface area (TPSA) is 64.1 Å². The maximum atomic E-state index is 12.0. The number of benzene rings is 1. The van der Waals surface area contributed by atoms with Gasteiger partial charge in [0.15, 0.2) is 5.75 Å². The molecule has 0 spiro atoms. The van der Waals surface area contributed by atoms with Crippen molar-refractivity contribution < 1.29 is 9.53 Å². The minimum Gasteiger partial charge on any atom is -0.454 e. The van der Waals surface area contributed by atoms with E-state index in [9.17, 15) is 4.79 Å². The fourth-order valence-electron chi connectivity index (χ4n) is 1.42. The number of thioether (sulfide) groups is 1. The lowest BCUT2D eigenvalue weighted by Crippen LogP contribution is -2.20. The summed E-state index contributed by atoms with van der Waals surface area (Å²) in [7, 11) is 0. The van der Waals surface area contributed by atoms with Gasteiger partial charge in [0.2, 0.25) is 0 Å². The summed E-state index contributed by atoms with van der Waals surface area (Å²) in [6.45, 7) is 3.71. The third kappa shape index (κ3) is 3.83. The Morgan fingerprint density at radius 2 is 2.05 bits per heavy atom. The average molecular weight is 287 g/mol. The number of rotatable bonds is 5. The van der Waals surface area contributed by atoms with Crippen LogP contribution in [0.1, 0.15) is 10.4 Å². The molecule has 1 heterocycles. The van der Waals surface area contributed by atoms with Crippen LogP contribution in [0.2, 0.25) is 0 Å². The highest BCUT2D eigenvalue weighted by Gasteiger charge is 2.08. The maximum absolute atomic E-state index is 12.0.